The highest BCUT2D eigenvalue weighted by atomic mass is 35.5. The average molecular weight is 423 g/mol. The molecule has 2 rings (SSSR count). The molecule has 0 saturated heterocycles. The van der Waals surface area contributed by atoms with E-state index in [9.17, 15) is 18.8 Å². The molecular weight excluding hydrogens is 403 g/mol. The summed E-state index contributed by atoms with van der Waals surface area (Å²) in [6, 6.07) is 10.00. The molecule has 4 amide bonds. The lowest BCUT2D eigenvalue weighted by atomic mass is 10.2. The highest BCUT2D eigenvalue weighted by Crippen LogP contribution is 2.20. The highest BCUT2D eigenvalue weighted by molar-refractivity contribution is 6.31. The van der Waals surface area contributed by atoms with Crippen molar-refractivity contribution < 1.29 is 23.5 Å². The molecule has 0 unspecified atom stereocenters. The van der Waals surface area contributed by atoms with Gasteiger partial charge in [-0.1, -0.05) is 23.7 Å². The van der Waals surface area contributed by atoms with Gasteiger partial charge in [-0.15, -0.1) is 0 Å². The molecule has 0 aromatic heterocycles. The second-order valence-electron chi connectivity index (χ2n) is 5.96. The van der Waals surface area contributed by atoms with Gasteiger partial charge in [-0.3, -0.25) is 20.4 Å². The van der Waals surface area contributed by atoms with E-state index in [4.69, 9.17) is 16.3 Å². The van der Waals surface area contributed by atoms with Crippen LogP contribution in [0.25, 0.3) is 0 Å². The van der Waals surface area contributed by atoms with Gasteiger partial charge in [0.15, 0.2) is 6.61 Å². The first-order valence-electron chi connectivity index (χ1n) is 8.56. The molecule has 4 N–H and O–H groups in total. The van der Waals surface area contributed by atoms with Gasteiger partial charge in [-0.25, -0.2) is 9.18 Å². The normalized spacial score (nSPS) is 10.0. The van der Waals surface area contributed by atoms with Gasteiger partial charge < -0.3 is 15.4 Å². The Balaban J connectivity index is 1.60. The van der Waals surface area contributed by atoms with Gasteiger partial charge in [0, 0.05) is 11.6 Å². The molecule has 29 heavy (non-hydrogen) atoms. The van der Waals surface area contributed by atoms with Crippen LogP contribution >= 0.6 is 11.6 Å². The third-order valence-corrected chi connectivity index (χ3v) is 4.04. The van der Waals surface area contributed by atoms with Gasteiger partial charge in [-0.2, -0.15) is 0 Å². The SMILES string of the molecule is Cc1cc(OCC(=O)NNC(=O)CNC(=O)NCc2ccc(F)cc2)ccc1Cl. The van der Waals surface area contributed by atoms with Crippen molar-refractivity contribution >= 4 is 29.4 Å². The van der Waals surface area contributed by atoms with Crippen LogP contribution in [0.15, 0.2) is 42.5 Å². The van der Waals surface area contributed by atoms with E-state index in [2.05, 4.69) is 21.5 Å². The quantitative estimate of drug-likeness (QED) is 0.510. The summed E-state index contributed by atoms with van der Waals surface area (Å²) in [4.78, 5) is 35.0. The van der Waals surface area contributed by atoms with Crippen LogP contribution < -0.4 is 26.2 Å². The van der Waals surface area contributed by atoms with Crippen molar-refractivity contribution in [2.75, 3.05) is 13.2 Å². The van der Waals surface area contributed by atoms with E-state index in [-0.39, 0.29) is 25.5 Å². The van der Waals surface area contributed by atoms with E-state index >= 15 is 0 Å². The number of nitrogens with one attached hydrogen (secondary N) is 4. The Morgan fingerprint density at radius 3 is 2.38 bits per heavy atom. The van der Waals surface area contributed by atoms with Crippen molar-refractivity contribution in [1.82, 2.24) is 21.5 Å². The fourth-order valence-corrected chi connectivity index (χ4v) is 2.20. The molecule has 0 radical (unpaired) electrons. The van der Waals surface area contributed by atoms with E-state index in [1.165, 1.54) is 24.3 Å². The Hall–Kier alpha value is -3.33. The molecule has 10 heteroatoms. The van der Waals surface area contributed by atoms with Gasteiger partial charge in [0.05, 0.1) is 0 Å². The molecule has 154 valence electrons. The number of amides is 4. The number of ether oxygens (including phenoxy) is 1. The summed E-state index contributed by atoms with van der Waals surface area (Å²) in [5.74, 6) is -1.11. The van der Waals surface area contributed by atoms with Gasteiger partial charge in [0.25, 0.3) is 11.8 Å². The van der Waals surface area contributed by atoms with Crippen molar-refractivity contribution in [1.29, 1.82) is 0 Å². The zero-order valence-electron chi connectivity index (χ0n) is 15.6. The van der Waals surface area contributed by atoms with Crippen LogP contribution in [0.5, 0.6) is 5.75 Å². The number of urea groups is 1. The van der Waals surface area contributed by atoms with Gasteiger partial charge in [0.2, 0.25) is 0 Å². The van der Waals surface area contributed by atoms with Crippen LogP contribution in [0.1, 0.15) is 11.1 Å². The average Bonchev–Trinajstić information content (AvgIpc) is 2.71. The van der Waals surface area contributed by atoms with Crippen molar-refractivity contribution in [3.63, 3.8) is 0 Å². The zero-order chi connectivity index (χ0) is 21.2. The second kappa shape index (κ2) is 10.9. The van der Waals surface area contributed by atoms with E-state index in [1.807, 2.05) is 0 Å². The Morgan fingerprint density at radius 2 is 1.69 bits per heavy atom. The van der Waals surface area contributed by atoms with Crippen LogP contribution in [0, 0.1) is 12.7 Å². The molecular formula is C19H20ClFN4O4. The molecule has 2 aromatic rings. The first-order chi connectivity index (χ1) is 13.8. The molecule has 2 aromatic carbocycles. The minimum Gasteiger partial charge on any atom is -0.484 e. The number of rotatable bonds is 7. The van der Waals surface area contributed by atoms with Crippen LogP contribution in [0.2, 0.25) is 5.02 Å². The first kappa shape index (κ1) is 22.0. The summed E-state index contributed by atoms with van der Waals surface area (Å²) < 4.78 is 18.1. The largest absolute Gasteiger partial charge is 0.484 e. The standard InChI is InChI=1S/C19H20ClFN4O4/c1-12-8-15(6-7-16(12)20)29-11-18(27)25-24-17(26)10-23-19(28)22-9-13-2-4-14(21)5-3-13/h2-8H,9-11H2,1H3,(H,24,26)(H,25,27)(H2,22,23,28). The van der Waals surface area contributed by atoms with Gasteiger partial charge in [-0.05, 0) is 48.4 Å². The smallest absolute Gasteiger partial charge is 0.315 e. The maximum atomic E-state index is 12.8. The molecule has 0 fully saturated rings. The lowest BCUT2D eigenvalue weighted by Crippen LogP contribution is -2.49. The van der Waals surface area contributed by atoms with Crippen molar-refractivity contribution in [3.05, 3.63) is 64.4 Å². The number of carbonyl (C=O) groups is 3. The molecule has 0 heterocycles. The number of hydrogen-bond acceptors (Lipinski definition) is 4. The maximum Gasteiger partial charge on any atom is 0.315 e. The van der Waals surface area contributed by atoms with Gasteiger partial charge in [0.1, 0.15) is 18.1 Å². The van der Waals surface area contributed by atoms with E-state index in [1.54, 1.807) is 25.1 Å². The predicted octanol–water partition coefficient (Wildman–Crippen LogP) is 1.81. The monoisotopic (exact) mass is 422 g/mol. The fourth-order valence-electron chi connectivity index (χ4n) is 2.08. The van der Waals surface area contributed by atoms with Crippen LogP contribution in [0.4, 0.5) is 9.18 Å². The molecule has 8 nitrogen and oxygen atoms in total. The van der Waals surface area contributed by atoms with Crippen LogP contribution in [0.3, 0.4) is 0 Å². The van der Waals surface area contributed by atoms with Crippen molar-refractivity contribution in [3.8, 4) is 5.75 Å². The Bertz CT molecular complexity index is 877. The fraction of sp³-hybridized carbons (Fsp3) is 0.211. The molecule has 0 aliphatic rings. The molecule has 0 aliphatic carbocycles. The van der Waals surface area contributed by atoms with Gasteiger partial charge >= 0.3 is 6.03 Å². The van der Waals surface area contributed by atoms with Crippen molar-refractivity contribution in [2.45, 2.75) is 13.5 Å². The number of hydrogen-bond donors (Lipinski definition) is 4. The topological polar surface area (TPSA) is 109 Å². The first-order valence-corrected chi connectivity index (χ1v) is 8.94. The number of benzene rings is 2. The third-order valence-electron chi connectivity index (χ3n) is 3.62. The molecule has 0 bridgehead atoms. The van der Waals surface area contributed by atoms with E-state index < -0.39 is 17.8 Å². The number of aryl methyl sites for hydroxylation is 1. The molecule has 0 saturated carbocycles. The van der Waals surface area contributed by atoms with Crippen molar-refractivity contribution in [2.24, 2.45) is 0 Å². The summed E-state index contributed by atoms with van der Waals surface area (Å²) in [6.07, 6.45) is 0. The summed E-state index contributed by atoms with van der Waals surface area (Å²) >= 11 is 5.91. The summed E-state index contributed by atoms with van der Waals surface area (Å²) in [7, 11) is 0. The lowest BCUT2D eigenvalue weighted by Gasteiger charge is -2.10. The summed E-state index contributed by atoms with van der Waals surface area (Å²) in [5, 5.41) is 5.43. The Kier molecular flexibility index (Phi) is 8.23. The van der Waals surface area contributed by atoms with Crippen LogP contribution in [-0.2, 0) is 16.1 Å². The van der Waals surface area contributed by atoms with E-state index in [0.29, 0.717) is 16.3 Å². The number of carbonyl (C=O) groups excluding carboxylic acids is 3. The molecule has 0 atom stereocenters. The summed E-state index contributed by atoms with van der Waals surface area (Å²) in [6.45, 7) is 1.31. The Labute approximate surface area is 171 Å². The minimum atomic E-state index is -0.627. The number of halogens is 2. The third kappa shape index (κ3) is 8.06. The zero-order valence-corrected chi connectivity index (χ0v) is 16.3. The number of hydrazine groups is 1. The minimum absolute atomic E-state index is 0.173. The molecule has 0 spiro atoms. The van der Waals surface area contributed by atoms with E-state index in [0.717, 1.165) is 5.56 Å². The van der Waals surface area contributed by atoms with Crippen LogP contribution in [-0.4, -0.2) is 31.0 Å². The second-order valence-corrected chi connectivity index (χ2v) is 6.37. The summed E-state index contributed by atoms with van der Waals surface area (Å²) in [5.41, 5.74) is 5.83. The lowest BCUT2D eigenvalue weighted by molar-refractivity contribution is -0.129. The Morgan fingerprint density at radius 1 is 1.00 bits per heavy atom. The highest BCUT2D eigenvalue weighted by Gasteiger charge is 2.08. The molecule has 0 aliphatic heterocycles. The predicted molar refractivity (Wildman–Crippen MR) is 105 cm³/mol. The maximum absolute atomic E-state index is 12.8.